The number of thioether (sulfide) groups is 1. The molecule has 46 heavy (non-hydrogen) atoms. The normalized spacial score (nSPS) is 22.4. The molecule has 1 aliphatic carbocycles. The largest absolute Gasteiger partial charge is 0.449 e. The van der Waals surface area contributed by atoms with Crippen LogP contribution in [-0.4, -0.2) is 88.8 Å². The molecule has 15 nitrogen and oxygen atoms in total. The molecule has 1 fully saturated rings. The first-order valence-corrected chi connectivity index (χ1v) is 15.8. The minimum Gasteiger partial charge on any atom is -0.449 e. The highest BCUT2D eigenvalue weighted by atomic mass is 32.2. The minimum atomic E-state index is -1.56. The van der Waals surface area contributed by atoms with Crippen LogP contribution in [0.4, 0.5) is 4.79 Å². The van der Waals surface area contributed by atoms with Crippen molar-refractivity contribution in [1.29, 1.82) is 0 Å². The van der Waals surface area contributed by atoms with Crippen molar-refractivity contribution in [3.05, 3.63) is 70.1 Å². The lowest BCUT2D eigenvalue weighted by atomic mass is 9.97. The topological polar surface area (TPSA) is 252 Å². The molecule has 0 spiro atoms. The lowest BCUT2D eigenvalue weighted by molar-refractivity contribution is -0.161. The standard InChI is InChI=1S/C30H37N7O8S/c31-23(38)10-5-13-46-29-25(27(41)26(40)22(45-29)14-34-37-33)36-28(42)21(11-12-24(32)39)35-30(43)44-15-20-18-8-3-1-6-16(18)17-7-2-4-9-19(17)20/h1-4,6-9,20-22,25-27,29,40-41H,5,10-15H2,(H2,31,38)(H2,32,39)(H,35,43)(H,36,42)/t21-,22+,25+,26-,27+,29+/m0/s1. The maximum Gasteiger partial charge on any atom is 0.407 e. The smallest absolute Gasteiger partial charge is 0.407 e. The van der Waals surface area contributed by atoms with Crippen LogP contribution in [0.5, 0.6) is 0 Å². The van der Waals surface area contributed by atoms with Gasteiger partial charge in [-0.25, -0.2) is 4.79 Å². The van der Waals surface area contributed by atoms with Gasteiger partial charge in [-0.05, 0) is 46.4 Å². The van der Waals surface area contributed by atoms with Gasteiger partial charge in [-0.2, -0.15) is 0 Å². The molecule has 4 rings (SSSR count). The second-order valence-corrected chi connectivity index (χ2v) is 12.1. The van der Waals surface area contributed by atoms with E-state index in [4.69, 9.17) is 26.5 Å². The van der Waals surface area contributed by atoms with Crippen molar-refractivity contribution in [2.75, 3.05) is 18.9 Å². The van der Waals surface area contributed by atoms with Crippen LogP contribution in [0.25, 0.3) is 21.6 Å². The van der Waals surface area contributed by atoms with Crippen LogP contribution in [-0.2, 0) is 23.9 Å². The number of aliphatic hydroxyl groups excluding tert-OH is 2. The molecule has 8 N–H and O–H groups in total. The van der Waals surface area contributed by atoms with E-state index in [-0.39, 0.29) is 38.3 Å². The van der Waals surface area contributed by atoms with E-state index in [1.807, 2.05) is 48.5 Å². The van der Waals surface area contributed by atoms with Crippen molar-refractivity contribution < 1.29 is 38.9 Å². The zero-order valence-corrected chi connectivity index (χ0v) is 25.7. The van der Waals surface area contributed by atoms with Crippen LogP contribution in [0.1, 0.15) is 42.7 Å². The Morgan fingerprint density at radius 3 is 2.24 bits per heavy atom. The second kappa shape index (κ2) is 16.3. The number of hydrogen-bond acceptors (Lipinski definition) is 10. The van der Waals surface area contributed by atoms with Gasteiger partial charge in [0.15, 0.2) is 0 Å². The fourth-order valence-corrected chi connectivity index (χ4v) is 6.74. The summed E-state index contributed by atoms with van der Waals surface area (Å²) in [5, 5.41) is 30.1. The van der Waals surface area contributed by atoms with Gasteiger partial charge in [-0.15, -0.1) is 11.8 Å². The minimum absolute atomic E-state index is 0.0119. The van der Waals surface area contributed by atoms with Gasteiger partial charge in [0.1, 0.15) is 30.3 Å². The lowest BCUT2D eigenvalue weighted by Crippen LogP contribution is -2.65. The molecule has 0 saturated carbocycles. The van der Waals surface area contributed by atoms with Gasteiger partial charge in [0.25, 0.3) is 0 Å². The summed E-state index contributed by atoms with van der Waals surface area (Å²) >= 11 is 1.15. The average Bonchev–Trinajstić information content (AvgIpc) is 3.36. The number of fused-ring (bicyclic) bond motifs is 3. The van der Waals surface area contributed by atoms with Crippen molar-refractivity contribution in [1.82, 2.24) is 10.6 Å². The third-order valence-electron chi connectivity index (χ3n) is 7.82. The van der Waals surface area contributed by atoms with E-state index in [0.717, 1.165) is 34.0 Å². The molecule has 0 unspecified atom stereocenters. The average molecular weight is 656 g/mol. The highest BCUT2D eigenvalue weighted by Crippen LogP contribution is 2.44. The van der Waals surface area contributed by atoms with Gasteiger partial charge < -0.3 is 41.8 Å². The zero-order valence-electron chi connectivity index (χ0n) is 24.9. The Bertz CT molecular complexity index is 1430. The molecule has 0 aromatic heterocycles. The Hall–Kier alpha value is -4.34. The molecule has 1 aliphatic heterocycles. The molecular weight excluding hydrogens is 618 g/mol. The number of hydrogen-bond donors (Lipinski definition) is 6. The molecule has 1 heterocycles. The van der Waals surface area contributed by atoms with Crippen LogP contribution in [0.15, 0.2) is 53.6 Å². The number of nitrogens with zero attached hydrogens (tertiary/aromatic N) is 3. The summed E-state index contributed by atoms with van der Waals surface area (Å²) in [7, 11) is 0. The first-order valence-electron chi connectivity index (χ1n) is 14.7. The Morgan fingerprint density at radius 2 is 1.63 bits per heavy atom. The first-order chi connectivity index (χ1) is 22.1. The highest BCUT2D eigenvalue weighted by molar-refractivity contribution is 7.99. The Kier molecular flexibility index (Phi) is 12.2. The van der Waals surface area contributed by atoms with Crippen molar-refractivity contribution >= 4 is 35.6 Å². The number of carbonyl (C=O) groups is 4. The van der Waals surface area contributed by atoms with E-state index in [1.54, 1.807) is 0 Å². The quantitative estimate of drug-likeness (QED) is 0.0701. The van der Waals surface area contributed by atoms with Crippen molar-refractivity contribution in [2.24, 2.45) is 16.6 Å². The van der Waals surface area contributed by atoms with Crippen LogP contribution < -0.4 is 22.1 Å². The predicted octanol–water partition coefficient (Wildman–Crippen LogP) is 1.40. The van der Waals surface area contributed by atoms with Crippen molar-refractivity contribution in [2.45, 2.75) is 67.4 Å². The zero-order chi connectivity index (χ0) is 33.2. The molecular formula is C30H37N7O8S. The molecule has 246 valence electrons. The van der Waals surface area contributed by atoms with E-state index in [0.29, 0.717) is 12.2 Å². The molecule has 6 atom stereocenters. The number of primary amides is 2. The molecule has 16 heteroatoms. The van der Waals surface area contributed by atoms with E-state index < -0.39 is 59.6 Å². The number of ether oxygens (including phenoxy) is 2. The number of carbonyl (C=O) groups excluding carboxylic acids is 4. The van der Waals surface area contributed by atoms with E-state index in [9.17, 15) is 29.4 Å². The van der Waals surface area contributed by atoms with Crippen LogP contribution >= 0.6 is 11.8 Å². The molecule has 2 aromatic carbocycles. The second-order valence-electron chi connectivity index (χ2n) is 10.9. The summed E-state index contributed by atoms with van der Waals surface area (Å²) in [6, 6.07) is 13.1. The summed E-state index contributed by atoms with van der Waals surface area (Å²) in [6.45, 7) is -0.291. The monoisotopic (exact) mass is 655 g/mol. The lowest BCUT2D eigenvalue weighted by Gasteiger charge is -2.43. The molecule has 2 aromatic rings. The third kappa shape index (κ3) is 8.68. The molecule has 2 aliphatic rings. The number of nitrogens with one attached hydrogen (secondary N) is 2. The predicted molar refractivity (Wildman–Crippen MR) is 168 cm³/mol. The number of aliphatic hydroxyl groups is 2. The number of azide groups is 1. The van der Waals surface area contributed by atoms with Gasteiger partial charge in [-0.3, -0.25) is 14.4 Å². The van der Waals surface area contributed by atoms with E-state index in [1.165, 1.54) is 0 Å². The SMILES string of the molecule is [N-]=[N+]=NC[C@H]1O[C@H](SCCCC(N)=O)[C@H](NC(=O)[C@H](CCC(N)=O)NC(=O)OCC2c3ccccc3-c3ccccc32)[C@@H](O)[C@H]1O. The molecule has 0 bridgehead atoms. The van der Waals surface area contributed by atoms with Crippen molar-refractivity contribution in [3.8, 4) is 11.1 Å². The van der Waals surface area contributed by atoms with E-state index in [2.05, 4.69) is 20.7 Å². The van der Waals surface area contributed by atoms with Gasteiger partial charge in [0, 0.05) is 23.7 Å². The summed E-state index contributed by atoms with van der Waals surface area (Å²) in [5.41, 5.74) is 22.4. The summed E-state index contributed by atoms with van der Waals surface area (Å²) < 4.78 is 11.4. The molecule has 0 radical (unpaired) electrons. The van der Waals surface area contributed by atoms with E-state index >= 15 is 0 Å². The Balaban J connectivity index is 1.44. The summed E-state index contributed by atoms with van der Waals surface area (Å²) in [5.74, 6) is -1.86. The van der Waals surface area contributed by atoms with Gasteiger partial charge in [0.05, 0.1) is 18.7 Å². The van der Waals surface area contributed by atoms with Crippen LogP contribution in [0.3, 0.4) is 0 Å². The van der Waals surface area contributed by atoms with Crippen molar-refractivity contribution in [3.63, 3.8) is 0 Å². The van der Waals surface area contributed by atoms with Gasteiger partial charge >= 0.3 is 6.09 Å². The third-order valence-corrected chi connectivity index (χ3v) is 9.07. The van der Waals surface area contributed by atoms with Gasteiger partial charge in [-0.1, -0.05) is 53.6 Å². The summed E-state index contributed by atoms with van der Waals surface area (Å²) in [4.78, 5) is 51.9. The fraction of sp³-hybridized carbons (Fsp3) is 0.467. The number of nitrogens with two attached hydrogens (primary N) is 2. The first kappa shape index (κ1) is 34.5. The maximum absolute atomic E-state index is 13.5. The molecule has 4 amide bonds. The maximum atomic E-state index is 13.5. The Morgan fingerprint density at radius 1 is 1.00 bits per heavy atom. The highest BCUT2D eigenvalue weighted by Gasteiger charge is 2.45. The Labute approximate surface area is 269 Å². The van der Waals surface area contributed by atoms with Crippen LogP contribution in [0.2, 0.25) is 0 Å². The fourth-order valence-electron chi connectivity index (χ4n) is 5.54. The summed E-state index contributed by atoms with van der Waals surface area (Å²) in [6.07, 6.45) is -5.00. The number of alkyl carbamates (subject to hydrolysis) is 1. The number of amides is 4. The van der Waals surface area contributed by atoms with Gasteiger partial charge in [0.2, 0.25) is 17.7 Å². The molecule has 1 saturated heterocycles. The number of rotatable bonds is 15. The van der Waals surface area contributed by atoms with Crippen LogP contribution in [0, 0.1) is 0 Å². The number of benzene rings is 2.